The fraction of sp³-hybridized carbons (Fsp3) is 0.400. The first-order chi connectivity index (χ1) is 8.38. The van der Waals surface area contributed by atoms with Crippen LogP contribution in [0.2, 0.25) is 0 Å². The molecule has 0 saturated carbocycles. The van der Waals surface area contributed by atoms with Gasteiger partial charge in [-0.05, 0) is 33.8 Å². The van der Waals surface area contributed by atoms with E-state index in [2.05, 4.69) is 31.1 Å². The number of hydrogen-bond acceptors (Lipinski definition) is 2. The monoisotopic (exact) mass is 280 g/mol. The van der Waals surface area contributed by atoms with Crippen molar-refractivity contribution in [1.29, 1.82) is 0 Å². The van der Waals surface area contributed by atoms with Crippen molar-refractivity contribution in [2.24, 2.45) is 0 Å². The van der Waals surface area contributed by atoms with Crippen LogP contribution in [0.5, 0.6) is 0 Å². The third-order valence-corrected chi connectivity index (χ3v) is 2.90. The van der Waals surface area contributed by atoms with E-state index < -0.39 is 0 Å². The summed E-state index contributed by atoms with van der Waals surface area (Å²) in [6.07, 6.45) is 1.80. The minimum atomic E-state index is -0.191. The first-order valence-electron chi connectivity index (χ1n) is 6.26. The van der Waals surface area contributed by atoms with Gasteiger partial charge in [-0.15, -0.1) is 12.4 Å². The van der Waals surface area contributed by atoms with E-state index >= 15 is 0 Å². The summed E-state index contributed by atoms with van der Waals surface area (Å²) >= 11 is 0. The second kappa shape index (κ2) is 5.76. The van der Waals surface area contributed by atoms with Crippen molar-refractivity contribution in [3.8, 4) is 0 Å². The maximum atomic E-state index is 12.4. The molecule has 2 rings (SSSR count). The molecule has 104 valence electrons. The molecule has 4 heteroatoms. The number of fused-ring (bicyclic) bond motifs is 1. The molecule has 0 aliphatic heterocycles. The third-order valence-electron chi connectivity index (χ3n) is 2.90. The molecule has 1 atom stereocenters. The van der Waals surface area contributed by atoms with Gasteiger partial charge in [0.15, 0.2) is 5.78 Å². The predicted octanol–water partition coefficient (Wildman–Crippen LogP) is 3.55. The van der Waals surface area contributed by atoms with Crippen molar-refractivity contribution in [3.63, 3.8) is 0 Å². The average Bonchev–Trinajstić information content (AvgIpc) is 2.69. The van der Waals surface area contributed by atoms with E-state index in [0.29, 0.717) is 0 Å². The van der Waals surface area contributed by atoms with E-state index in [0.717, 1.165) is 16.5 Å². The van der Waals surface area contributed by atoms with Gasteiger partial charge in [0, 0.05) is 28.2 Å². The molecule has 1 heterocycles. The highest BCUT2D eigenvalue weighted by Gasteiger charge is 2.22. The molecule has 0 bridgehead atoms. The molecule has 0 aliphatic carbocycles. The van der Waals surface area contributed by atoms with Gasteiger partial charge in [0.25, 0.3) is 0 Å². The number of nitrogens with one attached hydrogen (secondary N) is 2. The lowest BCUT2D eigenvalue weighted by atomic mass is 10.0. The zero-order valence-corrected chi connectivity index (χ0v) is 12.6. The molecule has 0 fully saturated rings. The van der Waals surface area contributed by atoms with E-state index in [9.17, 15) is 4.79 Å². The zero-order valence-electron chi connectivity index (χ0n) is 11.8. The number of benzene rings is 1. The Labute approximate surface area is 120 Å². The molecule has 0 amide bonds. The highest BCUT2D eigenvalue weighted by Crippen LogP contribution is 2.19. The number of para-hydroxylation sites is 1. The molecule has 2 aromatic rings. The number of halogens is 1. The van der Waals surface area contributed by atoms with Gasteiger partial charge in [0.1, 0.15) is 0 Å². The Bertz CT molecular complexity index is 569. The predicted molar refractivity (Wildman–Crippen MR) is 82.2 cm³/mol. The van der Waals surface area contributed by atoms with Gasteiger partial charge >= 0.3 is 0 Å². The maximum absolute atomic E-state index is 12.4. The quantitative estimate of drug-likeness (QED) is 0.845. The fourth-order valence-electron chi connectivity index (χ4n) is 2.22. The van der Waals surface area contributed by atoms with Gasteiger partial charge in [-0.3, -0.25) is 4.79 Å². The topological polar surface area (TPSA) is 44.9 Å². The van der Waals surface area contributed by atoms with Crippen LogP contribution in [0.15, 0.2) is 30.5 Å². The van der Waals surface area contributed by atoms with Crippen molar-refractivity contribution >= 4 is 29.1 Å². The molecule has 0 radical (unpaired) electrons. The number of H-pyrrole nitrogens is 1. The third kappa shape index (κ3) is 3.58. The number of Topliss-reactive ketones (excluding diaryl/α,β-unsaturated/α-hetero) is 1. The van der Waals surface area contributed by atoms with Crippen LogP contribution < -0.4 is 5.32 Å². The Morgan fingerprint density at radius 2 is 1.89 bits per heavy atom. The van der Waals surface area contributed by atoms with Gasteiger partial charge in [-0.2, -0.15) is 0 Å². The van der Waals surface area contributed by atoms with Crippen LogP contribution in [0, 0.1) is 0 Å². The molecule has 19 heavy (non-hydrogen) atoms. The second-order valence-electron chi connectivity index (χ2n) is 5.73. The lowest BCUT2D eigenvalue weighted by Crippen LogP contribution is -2.46. The smallest absolute Gasteiger partial charge is 0.181 e. The van der Waals surface area contributed by atoms with Crippen LogP contribution in [0.25, 0.3) is 10.9 Å². The summed E-state index contributed by atoms with van der Waals surface area (Å²) < 4.78 is 0. The molecule has 3 nitrogen and oxygen atoms in total. The van der Waals surface area contributed by atoms with Crippen molar-refractivity contribution in [2.75, 3.05) is 0 Å². The van der Waals surface area contributed by atoms with Gasteiger partial charge in [0.05, 0.1) is 6.04 Å². The molecule has 0 aliphatic rings. The Balaban J connectivity index is 0.00000180. The van der Waals surface area contributed by atoms with E-state index in [-0.39, 0.29) is 29.8 Å². The maximum Gasteiger partial charge on any atom is 0.181 e. The van der Waals surface area contributed by atoms with Gasteiger partial charge in [0.2, 0.25) is 0 Å². The number of carbonyl (C=O) groups is 1. The standard InChI is InChI=1S/C15H20N2O.ClH/c1-10(17-15(2,3)4)14(18)12-9-16-13-8-6-5-7-11(12)13;/h5-10,16-17H,1-4H3;1H. The van der Waals surface area contributed by atoms with Crippen LogP contribution in [0.3, 0.4) is 0 Å². The average molecular weight is 281 g/mol. The van der Waals surface area contributed by atoms with E-state index in [4.69, 9.17) is 0 Å². The number of hydrogen-bond donors (Lipinski definition) is 2. The summed E-state index contributed by atoms with van der Waals surface area (Å²) in [5.74, 6) is 0.127. The van der Waals surface area contributed by atoms with Gasteiger partial charge in [-0.1, -0.05) is 18.2 Å². The summed E-state index contributed by atoms with van der Waals surface area (Å²) in [5.41, 5.74) is 1.69. The minimum absolute atomic E-state index is 0. The highest BCUT2D eigenvalue weighted by atomic mass is 35.5. The largest absolute Gasteiger partial charge is 0.360 e. The van der Waals surface area contributed by atoms with Gasteiger partial charge in [-0.25, -0.2) is 0 Å². The number of rotatable bonds is 3. The SMILES string of the molecule is CC(NC(C)(C)C)C(=O)c1c[nH]c2ccccc12.Cl. The number of carbonyl (C=O) groups excluding carboxylic acids is 1. The van der Waals surface area contributed by atoms with Crippen LogP contribution in [0.4, 0.5) is 0 Å². The summed E-state index contributed by atoms with van der Waals surface area (Å²) in [4.78, 5) is 15.6. The Kier molecular flexibility index (Phi) is 4.77. The highest BCUT2D eigenvalue weighted by molar-refractivity contribution is 6.10. The van der Waals surface area contributed by atoms with Crippen LogP contribution in [-0.2, 0) is 0 Å². The molecule has 1 aromatic heterocycles. The van der Waals surface area contributed by atoms with Crippen molar-refractivity contribution in [1.82, 2.24) is 10.3 Å². The molecule has 1 aromatic carbocycles. The first kappa shape index (κ1) is 15.7. The summed E-state index contributed by atoms with van der Waals surface area (Å²) in [7, 11) is 0. The van der Waals surface area contributed by atoms with E-state index in [1.54, 1.807) is 6.20 Å². The van der Waals surface area contributed by atoms with Crippen molar-refractivity contribution < 1.29 is 4.79 Å². The lowest BCUT2D eigenvalue weighted by molar-refractivity contribution is 0.0937. The number of aromatic amines is 1. The second-order valence-corrected chi connectivity index (χ2v) is 5.73. The van der Waals surface area contributed by atoms with Crippen LogP contribution >= 0.6 is 12.4 Å². The lowest BCUT2D eigenvalue weighted by Gasteiger charge is -2.25. The summed E-state index contributed by atoms with van der Waals surface area (Å²) in [6, 6.07) is 7.68. The minimum Gasteiger partial charge on any atom is -0.360 e. The number of aromatic nitrogens is 1. The normalized spacial score (nSPS) is 13.1. The van der Waals surface area contributed by atoms with Crippen molar-refractivity contribution in [2.45, 2.75) is 39.3 Å². The first-order valence-corrected chi connectivity index (χ1v) is 6.26. The molecular weight excluding hydrogens is 260 g/mol. The van der Waals surface area contributed by atoms with Gasteiger partial charge < -0.3 is 10.3 Å². The summed E-state index contributed by atoms with van der Waals surface area (Å²) in [5, 5.41) is 4.30. The Morgan fingerprint density at radius 3 is 2.53 bits per heavy atom. The van der Waals surface area contributed by atoms with E-state index in [1.807, 2.05) is 31.2 Å². The molecule has 1 unspecified atom stereocenters. The number of ketones is 1. The molecule has 2 N–H and O–H groups in total. The van der Waals surface area contributed by atoms with Crippen LogP contribution in [0.1, 0.15) is 38.1 Å². The molecular formula is C15H21ClN2O. The Morgan fingerprint density at radius 1 is 1.26 bits per heavy atom. The molecule has 0 saturated heterocycles. The fourth-order valence-corrected chi connectivity index (χ4v) is 2.22. The zero-order chi connectivity index (χ0) is 13.3. The Hall–Kier alpha value is -1.32. The summed E-state index contributed by atoms with van der Waals surface area (Å²) in [6.45, 7) is 8.10. The van der Waals surface area contributed by atoms with Crippen molar-refractivity contribution in [3.05, 3.63) is 36.0 Å². The van der Waals surface area contributed by atoms with E-state index in [1.165, 1.54) is 0 Å². The molecule has 0 spiro atoms. The van der Waals surface area contributed by atoms with Crippen LogP contribution in [-0.4, -0.2) is 22.3 Å².